The lowest BCUT2D eigenvalue weighted by molar-refractivity contribution is 0.180. The first kappa shape index (κ1) is 13.0. The molecular weight excluding hydrogens is 252 g/mol. The molecule has 1 aromatic heterocycles. The highest BCUT2D eigenvalue weighted by Gasteiger charge is 2.20. The molecule has 4 nitrogen and oxygen atoms in total. The summed E-state index contributed by atoms with van der Waals surface area (Å²) in [4.78, 5) is 0. The third-order valence-electron chi connectivity index (χ3n) is 3.90. The summed E-state index contributed by atoms with van der Waals surface area (Å²) in [6.07, 6.45) is 3.87. The highest BCUT2D eigenvalue weighted by atomic mass is 16.5. The molecule has 3 rings (SSSR count). The SMILES string of the molecule is Cc1cc(C)c(OCC2CCC2)c(-c2cc(N)no2)c1. The number of anilines is 1. The topological polar surface area (TPSA) is 61.3 Å². The van der Waals surface area contributed by atoms with Gasteiger partial charge in [0.2, 0.25) is 0 Å². The molecule has 1 heterocycles. The first-order valence-corrected chi connectivity index (χ1v) is 7.10. The highest BCUT2D eigenvalue weighted by molar-refractivity contribution is 5.70. The smallest absolute Gasteiger partial charge is 0.172 e. The number of ether oxygens (including phenoxy) is 1. The Morgan fingerprint density at radius 3 is 2.70 bits per heavy atom. The Hall–Kier alpha value is -1.97. The molecule has 0 atom stereocenters. The molecule has 20 heavy (non-hydrogen) atoms. The number of aryl methyl sites for hydroxylation is 2. The van der Waals surface area contributed by atoms with E-state index in [1.165, 1.54) is 24.8 Å². The summed E-state index contributed by atoms with van der Waals surface area (Å²) in [7, 11) is 0. The second kappa shape index (κ2) is 5.19. The molecule has 2 aromatic rings. The van der Waals surface area contributed by atoms with Crippen molar-refractivity contribution in [2.75, 3.05) is 12.3 Å². The molecule has 106 valence electrons. The van der Waals surface area contributed by atoms with Gasteiger partial charge in [-0.05, 0) is 49.8 Å². The zero-order valence-corrected chi connectivity index (χ0v) is 12.0. The zero-order valence-electron chi connectivity index (χ0n) is 12.0. The van der Waals surface area contributed by atoms with Crippen LogP contribution >= 0.6 is 0 Å². The molecule has 1 saturated carbocycles. The highest BCUT2D eigenvalue weighted by Crippen LogP contribution is 2.36. The second-order valence-corrected chi connectivity index (χ2v) is 5.68. The molecule has 2 N–H and O–H groups in total. The fourth-order valence-corrected chi connectivity index (χ4v) is 2.61. The molecule has 4 heteroatoms. The van der Waals surface area contributed by atoms with E-state index >= 15 is 0 Å². The third kappa shape index (κ3) is 2.50. The normalized spacial score (nSPS) is 15.1. The van der Waals surface area contributed by atoms with Crippen LogP contribution in [-0.4, -0.2) is 11.8 Å². The van der Waals surface area contributed by atoms with Gasteiger partial charge < -0.3 is 15.0 Å². The minimum Gasteiger partial charge on any atom is -0.492 e. The number of aromatic nitrogens is 1. The Bertz CT molecular complexity index is 615. The van der Waals surface area contributed by atoms with Crippen LogP contribution in [0.1, 0.15) is 30.4 Å². The second-order valence-electron chi connectivity index (χ2n) is 5.68. The number of nitrogens with two attached hydrogens (primary N) is 1. The van der Waals surface area contributed by atoms with Crippen LogP contribution in [0, 0.1) is 19.8 Å². The van der Waals surface area contributed by atoms with Crippen LogP contribution in [0.3, 0.4) is 0 Å². The summed E-state index contributed by atoms with van der Waals surface area (Å²) in [5.74, 6) is 2.64. The van der Waals surface area contributed by atoms with Crippen molar-refractivity contribution < 1.29 is 9.26 Å². The number of nitrogens with zero attached hydrogens (tertiary/aromatic N) is 1. The zero-order chi connectivity index (χ0) is 14.1. The van der Waals surface area contributed by atoms with Gasteiger partial charge in [-0.1, -0.05) is 17.6 Å². The third-order valence-corrected chi connectivity index (χ3v) is 3.90. The van der Waals surface area contributed by atoms with Crippen LogP contribution in [0.5, 0.6) is 5.75 Å². The lowest BCUT2D eigenvalue weighted by Crippen LogP contribution is -2.19. The fourth-order valence-electron chi connectivity index (χ4n) is 2.61. The van der Waals surface area contributed by atoms with E-state index in [2.05, 4.69) is 31.1 Å². The number of rotatable bonds is 4. The lowest BCUT2D eigenvalue weighted by atomic mass is 9.86. The molecule has 0 radical (unpaired) electrons. The van der Waals surface area contributed by atoms with E-state index in [4.69, 9.17) is 15.0 Å². The van der Waals surface area contributed by atoms with Crippen LogP contribution in [0.2, 0.25) is 0 Å². The van der Waals surface area contributed by atoms with Crippen molar-refractivity contribution in [3.63, 3.8) is 0 Å². The molecule has 1 aliphatic rings. The fraction of sp³-hybridized carbons (Fsp3) is 0.438. The molecule has 0 unspecified atom stereocenters. The van der Waals surface area contributed by atoms with Gasteiger partial charge in [0.25, 0.3) is 0 Å². The van der Waals surface area contributed by atoms with Crippen molar-refractivity contribution in [3.05, 3.63) is 29.3 Å². The summed E-state index contributed by atoms with van der Waals surface area (Å²) < 4.78 is 11.4. The van der Waals surface area contributed by atoms with Gasteiger partial charge in [0.05, 0.1) is 12.2 Å². The molecule has 0 aliphatic heterocycles. The van der Waals surface area contributed by atoms with Crippen molar-refractivity contribution in [1.29, 1.82) is 0 Å². The molecule has 1 fully saturated rings. The van der Waals surface area contributed by atoms with E-state index in [1.54, 1.807) is 6.07 Å². The van der Waals surface area contributed by atoms with Crippen LogP contribution in [-0.2, 0) is 0 Å². The van der Waals surface area contributed by atoms with Crippen molar-refractivity contribution in [2.24, 2.45) is 5.92 Å². The molecule has 0 bridgehead atoms. The van der Waals surface area contributed by atoms with Gasteiger partial charge >= 0.3 is 0 Å². The predicted octanol–water partition coefficient (Wildman–Crippen LogP) is 3.72. The molecule has 1 aromatic carbocycles. The van der Waals surface area contributed by atoms with Gasteiger partial charge in [-0.25, -0.2) is 0 Å². The Kier molecular flexibility index (Phi) is 3.38. The quantitative estimate of drug-likeness (QED) is 0.921. The summed E-state index contributed by atoms with van der Waals surface area (Å²) >= 11 is 0. The van der Waals surface area contributed by atoms with E-state index < -0.39 is 0 Å². The van der Waals surface area contributed by atoms with Crippen molar-refractivity contribution in [2.45, 2.75) is 33.1 Å². The first-order valence-electron chi connectivity index (χ1n) is 7.10. The Morgan fingerprint density at radius 1 is 1.30 bits per heavy atom. The minimum absolute atomic E-state index is 0.393. The number of hydrogen-bond acceptors (Lipinski definition) is 4. The van der Waals surface area contributed by atoms with Crippen molar-refractivity contribution >= 4 is 5.82 Å². The van der Waals surface area contributed by atoms with Crippen LogP contribution in [0.25, 0.3) is 11.3 Å². The van der Waals surface area contributed by atoms with E-state index in [-0.39, 0.29) is 0 Å². The van der Waals surface area contributed by atoms with Gasteiger partial charge in [0.15, 0.2) is 11.6 Å². The summed E-state index contributed by atoms with van der Waals surface area (Å²) in [6.45, 7) is 4.90. The van der Waals surface area contributed by atoms with Gasteiger partial charge in [-0.3, -0.25) is 0 Å². The average molecular weight is 272 g/mol. The first-order chi connectivity index (χ1) is 9.63. The van der Waals surface area contributed by atoms with Gasteiger partial charge in [-0.2, -0.15) is 0 Å². The Morgan fingerprint density at radius 2 is 2.10 bits per heavy atom. The Balaban J connectivity index is 1.93. The summed E-state index contributed by atoms with van der Waals surface area (Å²) in [5.41, 5.74) is 8.88. The van der Waals surface area contributed by atoms with Gasteiger partial charge in [0, 0.05) is 6.07 Å². The molecule has 0 spiro atoms. The largest absolute Gasteiger partial charge is 0.492 e. The maximum atomic E-state index is 6.06. The molecule has 1 aliphatic carbocycles. The van der Waals surface area contributed by atoms with Crippen molar-refractivity contribution in [3.8, 4) is 17.1 Å². The van der Waals surface area contributed by atoms with E-state index in [9.17, 15) is 0 Å². The molecular formula is C16H20N2O2. The van der Waals surface area contributed by atoms with Crippen LogP contribution in [0.4, 0.5) is 5.82 Å². The lowest BCUT2D eigenvalue weighted by Gasteiger charge is -2.26. The number of benzene rings is 1. The standard InChI is InChI=1S/C16H20N2O2/c1-10-6-11(2)16(19-9-12-4-3-5-12)13(7-10)14-8-15(17)18-20-14/h6-8,12H,3-5,9H2,1-2H3,(H2,17,18). The maximum absolute atomic E-state index is 6.06. The molecule has 0 amide bonds. The Labute approximate surface area is 118 Å². The van der Waals surface area contributed by atoms with E-state index in [0.29, 0.717) is 17.5 Å². The van der Waals surface area contributed by atoms with E-state index in [1.807, 2.05) is 0 Å². The average Bonchev–Trinajstić information content (AvgIpc) is 2.75. The minimum atomic E-state index is 0.393. The van der Waals surface area contributed by atoms with Gasteiger partial charge in [0.1, 0.15) is 5.75 Å². The van der Waals surface area contributed by atoms with Crippen molar-refractivity contribution in [1.82, 2.24) is 5.16 Å². The predicted molar refractivity (Wildman–Crippen MR) is 78.7 cm³/mol. The van der Waals surface area contributed by atoms with E-state index in [0.717, 1.165) is 23.5 Å². The monoisotopic (exact) mass is 272 g/mol. The summed E-state index contributed by atoms with van der Waals surface area (Å²) in [5, 5.41) is 3.76. The molecule has 0 saturated heterocycles. The number of nitrogen functional groups attached to an aromatic ring is 1. The van der Waals surface area contributed by atoms with Crippen LogP contribution in [0.15, 0.2) is 22.7 Å². The summed E-state index contributed by atoms with van der Waals surface area (Å²) in [6, 6.07) is 5.92. The van der Waals surface area contributed by atoms with Crippen LogP contribution < -0.4 is 10.5 Å². The van der Waals surface area contributed by atoms with Gasteiger partial charge in [-0.15, -0.1) is 0 Å². The number of hydrogen-bond donors (Lipinski definition) is 1. The maximum Gasteiger partial charge on any atom is 0.172 e.